The number of nitrogens with zero attached hydrogens (tertiary/aromatic N) is 7. The fourth-order valence-electron chi connectivity index (χ4n) is 13.1. The second-order valence-corrected chi connectivity index (χ2v) is 26.9. The number of thiophene rings is 1. The third-order valence-corrected chi connectivity index (χ3v) is 19.7. The van der Waals surface area contributed by atoms with Gasteiger partial charge in [-0.3, -0.25) is 4.57 Å². The van der Waals surface area contributed by atoms with Gasteiger partial charge in [-0.2, -0.15) is 177 Å². The highest BCUT2D eigenvalue weighted by Gasteiger charge is 2.81. The van der Waals surface area contributed by atoms with Crippen LogP contribution >= 0.6 is 11.3 Å². The van der Waals surface area contributed by atoms with Crippen LogP contribution in [0.3, 0.4) is 0 Å². The van der Waals surface area contributed by atoms with E-state index in [1.165, 1.54) is 0 Å². The fraction of sp³-hybridized carbons (Fsp3) is 0.323. The van der Waals surface area contributed by atoms with E-state index < -0.39 is 308 Å². The lowest BCUT2D eigenvalue weighted by Gasteiger charge is -2.33. The average molecular weight is 1840 g/mol. The van der Waals surface area contributed by atoms with Crippen LogP contribution in [0.5, 0.6) is 34.5 Å². The Morgan fingerprint density at radius 3 is 1.17 bits per heavy atom. The summed E-state index contributed by atoms with van der Waals surface area (Å²) in [5.41, 5.74) is -13.1. The molecule has 1 unspecified atom stereocenters. The van der Waals surface area contributed by atoms with Crippen LogP contribution < -0.4 is 50.2 Å². The highest BCUT2D eigenvalue weighted by atomic mass is 32.1. The van der Waals surface area contributed by atoms with Gasteiger partial charge in [0.05, 0.1) is 27.1 Å². The predicted octanol–water partition coefficient (Wildman–Crippen LogP) is 20.0. The summed E-state index contributed by atoms with van der Waals surface area (Å²) in [7, 11) is 0.163. The van der Waals surface area contributed by atoms with Crippen molar-refractivity contribution in [1.82, 2.24) is 14.7 Å². The molecule has 0 amide bonds. The smallest absolute Gasteiger partial charge is 0.470 e. The van der Waals surface area contributed by atoms with Crippen LogP contribution in [0, 0.1) is 0 Å². The van der Waals surface area contributed by atoms with Crippen molar-refractivity contribution in [3.63, 3.8) is 0 Å². The second kappa shape index (κ2) is 26.9. The minimum atomic E-state index is -7.86. The minimum Gasteiger partial charge on any atom is -0.478 e. The lowest BCUT2D eigenvalue weighted by molar-refractivity contribution is -0.786. The molecule has 57 heteroatoms. The van der Waals surface area contributed by atoms with Crippen LogP contribution in [-0.4, -0.2) is 145 Å². The summed E-state index contributed by atoms with van der Waals surface area (Å²) >= 11 is -0.782. The molecule has 0 aliphatic carbocycles. The van der Waals surface area contributed by atoms with Crippen molar-refractivity contribution in [3.05, 3.63) is 121 Å². The number of hydrazine groups is 2. The molecule has 0 spiro atoms. The number of hydrazone groups is 2. The first-order valence-electron chi connectivity index (χ1n) is 32.0. The Bertz CT molecular complexity index is 6150. The van der Waals surface area contributed by atoms with Gasteiger partial charge in [0.15, 0.2) is 11.3 Å². The first-order chi connectivity index (χ1) is 55.4. The van der Waals surface area contributed by atoms with E-state index in [1.54, 1.807) is 10.9 Å². The first kappa shape index (κ1) is 88.2. The predicted molar refractivity (Wildman–Crippen MR) is 332 cm³/mol. The molecule has 7 heterocycles. The van der Waals surface area contributed by atoms with Crippen LogP contribution in [0.2, 0.25) is 0 Å². The number of carboxylic acids is 1. The summed E-state index contributed by atoms with van der Waals surface area (Å²) in [5, 5.41) is -9.03. The summed E-state index contributed by atoms with van der Waals surface area (Å²) in [6.07, 6.45) is -88.1. The maximum Gasteiger partial charge on any atom is 0.470 e. The second-order valence-electron chi connectivity index (χ2n) is 25.9. The van der Waals surface area contributed by atoms with E-state index >= 15 is 171 Å². The van der Waals surface area contributed by atoms with Gasteiger partial charge in [0.25, 0.3) is 23.3 Å². The number of aliphatic carboxylic acids is 1. The SMILES string of the molecule is CC(=Cc1sc(C(F)(F)F)c2c3n(C)c(c12)=NC1=[N+]2N[N+]4=C(N=3)c3c(c(OCF)c5ccccc5c3OC(F)(C(F)(F)F)C(F)(F)F)C4=Nc3c4c(OC(F)(C(F)(F)F)C(F)(F)F)c5ccccc5c(OC(F)(C(F)(F)F)C(F)(F)F)c4c(n3C)NC2c2c1c(OC(F)(C(F)(F)F)C(F)(F)F)c1ccccc1c2OC(F)(C(F)(F)F)C(F)(F)F)C(=O)O. The maximum absolute atomic E-state index is 17.2. The number of anilines is 1. The Morgan fingerprint density at radius 1 is 0.443 bits per heavy atom. The summed E-state index contributed by atoms with van der Waals surface area (Å²) < 4.78 is 635. The summed E-state index contributed by atoms with van der Waals surface area (Å²) in [6, 6.07) is 1.77. The molecule has 6 bridgehead atoms. The number of hydrogen-bond donors (Lipinski definition) is 3. The zero-order valence-electron chi connectivity index (χ0n) is 57.9. The number of aromatic nitrogens is 2. The Hall–Kier alpha value is -11.6. The number of hydrogen-bond acceptors (Lipinski definition) is 13. The fourth-order valence-corrected chi connectivity index (χ4v) is 14.3. The molecular weight excluding hydrogens is 1810 g/mol. The molecule has 17 nitrogen and oxygen atoms in total. The topological polar surface area (TPSA) is 170 Å². The molecular formula is C65H28F39N9O8S+2. The van der Waals surface area contributed by atoms with Gasteiger partial charge in [-0.15, -0.1) is 11.3 Å². The van der Waals surface area contributed by atoms with Crippen molar-refractivity contribution in [2.45, 2.75) is 110 Å². The van der Waals surface area contributed by atoms with E-state index in [1.807, 2.05) is 0 Å². The normalized spacial score (nSPS) is 16.4. The molecule has 1 atom stereocenters. The van der Waals surface area contributed by atoms with Crippen molar-refractivity contribution in [3.8, 4) is 34.5 Å². The number of aliphatic imine (C=N–C) groups is 1. The highest BCUT2D eigenvalue weighted by Crippen LogP contribution is 2.63. The van der Waals surface area contributed by atoms with Crippen LogP contribution in [0.4, 0.5) is 183 Å². The third kappa shape index (κ3) is 12.7. The number of carbonyl (C=O) groups is 1. The molecule has 0 saturated carbocycles. The Kier molecular flexibility index (Phi) is 19.5. The Labute approximate surface area is 646 Å². The van der Waals surface area contributed by atoms with Crippen LogP contribution in [0.25, 0.3) is 59.9 Å². The monoisotopic (exact) mass is 1840 g/mol. The quantitative estimate of drug-likeness (QED) is 0.0541. The number of nitrogens with one attached hydrogen (secondary N) is 2. The zero-order chi connectivity index (χ0) is 91.2. The van der Waals surface area contributed by atoms with E-state index in [0.29, 0.717) is 25.1 Å². The molecule has 13 rings (SSSR count). The lowest BCUT2D eigenvalue weighted by Crippen LogP contribution is -2.58. The number of fused-ring (bicyclic) bond motifs is 19. The Morgan fingerprint density at radius 2 is 0.787 bits per heavy atom. The maximum atomic E-state index is 17.2. The number of benzene rings is 6. The number of carboxylic acid groups (broad SMARTS) is 1. The lowest BCUT2D eigenvalue weighted by atomic mass is 9.96. The number of amidine groups is 3. The van der Waals surface area contributed by atoms with E-state index in [4.69, 9.17) is 4.74 Å². The van der Waals surface area contributed by atoms with Crippen molar-refractivity contribution >= 4 is 106 Å². The molecule has 0 fully saturated rings. The molecule has 3 aromatic heterocycles. The van der Waals surface area contributed by atoms with E-state index in [0.717, 1.165) is 0 Å². The first-order valence-corrected chi connectivity index (χ1v) is 32.8. The molecule has 4 aliphatic rings. The summed E-state index contributed by atoms with van der Waals surface area (Å²) in [6.45, 7) is -2.13. The molecule has 9 aromatic rings. The van der Waals surface area contributed by atoms with Gasteiger partial charge in [0.1, 0.15) is 61.9 Å². The number of halogens is 39. The molecule has 0 saturated heterocycles. The van der Waals surface area contributed by atoms with Gasteiger partial charge < -0.3 is 43.4 Å². The Balaban J connectivity index is 1.45. The average Bonchev–Trinajstić information content (AvgIpc) is 1.51. The van der Waals surface area contributed by atoms with E-state index in [-0.39, 0.29) is 79.3 Å². The highest BCUT2D eigenvalue weighted by molar-refractivity contribution is 7.14. The molecule has 658 valence electrons. The van der Waals surface area contributed by atoms with E-state index in [2.05, 4.69) is 38.7 Å². The molecule has 0 radical (unpaired) electrons. The molecule has 3 N–H and O–H groups in total. The molecule has 122 heavy (non-hydrogen) atoms. The zero-order valence-corrected chi connectivity index (χ0v) is 58.7. The van der Waals surface area contributed by atoms with Crippen molar-refractivity contribution in [1.29, 1.82) is 0 Å². The van der Waals surface area contributed by atoms with Crippen molar-refractivity contribution in [2.75, 3.05) is 12.2 Å². The number of ether oxygens (including phenoxy) is 6. The number of rotatable bonds is 14. The summed E-state index contributed by atoms with van der Waals surface area (Å²) in [4.78, 5) is 20.7. The summed E-state index contributed by atoms with van der Waals surface area (Å²) in [5.74, 6) is -68.2. The molecule has 6 aromatic carbocycles. The minimum absolute atomic E-state index is 0.0746. The number of alkyl halides is 39. The van der Waals surface area contributed by atoms with Gasteiger partial charge in [-0.1, -0.05) is 82.2 Å². The van der Waals surface area contributed by atoms with Crippen LogP contribution in [-0.2, 0) is 25.1 Å². The van der Waals surface area contributed by atoms with Gasteiger partial charge in [-0.05, 0) is 18.5 Å². The van der Waals surface area contributed by atoms with Gasteiger partial charge >= 0.3 is 109 Å². The van der Waals surface area contributed by atoms with Gasteiger partial charge in [0, 0.05) is 61.9 Å². The van der Waals surface area contributed by atoms with Gasteiger partial charge in [0.2, 0.25) is 6.86 Å². The molecule has 4 aliphatic heterocycles. The van der Waals surface area contributed by atoms with E-state index in [9.17, 15) is 9.90 Å². The van der Waals surface area contributed by atoms with Gasteiger partial charge in [-0.25, -0.2) is 9.18 Å². The van der Waals surface area contributed by atoms with Crippen LogP contribution in [0.15, 0.2) is 93.3 Å². The third-order valence-electron chi connectivity index (χ3n) is 18.5. The largest absolute Gasteiger partial charge is 0.478 e. The van der Waals surface area contributed by atoms with Crippen LogP contribution in [0.1, 0.15) is 45.1 Å². The van der Waals surface area contributed by atoms with Crippen molar-refractivity contribution in [2.24, 2.45) is 29.1 Å². The van der Waals surface area contributed by atoms with Crippen molar-refractivity contribution < 1.29 is 219 Å². The standard InChI is InChI=1S/C65H26F39N9O8S/c1-18(49(114)115)16-25-26-33(40(122-25)50(67,68)69)44-108-46-30-27(34(116-17-66)19-10-4-5-11-20(19)37(30)119-53(72,60(87,88)89)61(90,91)92)45-106-42-28-29(36(118-52(71,58(81,82)83)59(84,85)86)22-13-7-6-12-21(22)35(28)117-51(70,56(75,76)77)57(78,79)80)43(111(42)3)107-48-32-31(47(105-41(26)110(44)2)113(48)109-112(45)46)38(120-54(73,62(93,94)95)63(96,97)98)23-14-8-9-15-24(23)39(32)121-55(74,64(99,100)101)65(102,103)104/h4-16,48,109H,17H2,1-3H3/p+2.